The number of hydrogen-bond acceptors (Lipinski definition) is 3. The van der Waals surface area contributed by atoms with E-state index in [2.05, 4.69) is 15.5 Å². The number of anilines is 1. The van der Waals surface area contributed by atoms with Crippen molar-refractivity contribution in [3.63, 3.8) is 0 Å². The number of urea groups is 1. The van der Waals surface area contributed by atoms with Gasteiger partial charge in [0.15, 0.2) is 0 Å². The molecule has 3 heterocycles. The lowest BCUT2D eigenvalue weighted by molar-refractivity contribution is 0.199. The maximum Gasteiger partial charge on any atom is 0.323 e. The quantitative estimate of drug-likeness (QED) is 0.786. The molecular weight excluding hydrogens is 328 g/mol. The van der Waals surface area contributed by atoms with Gasteiger partial charge < -0.3 is 4.90 Å². The lowest BCUT2D eigenvalue weighted by atomic mass is 10.2. The monoisotopic (exact) mass is 350 g/mol. The number of para-hydroxylation sites is 1. The van der Waals surface area contributed by atoms with Crippen LogP contribution in [-0.4, -0.2) is 43.1 Å². The second-order valence-corrected chi connectivity index (χ2v) is 6.57. The van der Waals surface area contributed by atoms with E-state index in [9.17, 15) is 4.79 Å². The van der Waals surface area contributed by atoms with Gasteiger partial charge in [-0.15, -0.1) is 0 Å². The molecule has 4 rings (SSSR count). The van der Waals surface area contributed by atoms with Crippen LogP contribution in [0.15, 0.2) is 54.9 Å². The molecule has 0 saturated carbocycles. The Labute approximate surface area is 152 Å². The topological polar surface area (TPSA) is 68.0 Å². The van der Waals surface area contributed by atoms with E-state index in [0.717, 1.165) is 37.3 Å². The van der Waals surface area contributed by atoms with Crippen molar-refractivity contribution in [1.82, 2.24) is 24.5 Å². The molecule has 1 aliphatic rings. The Hall–Kier alpha value is -3.09. The van der Waals surface area contributed by atoms with Gasteiger partial charge in [-0.2, -0.15) is 10.2 Å². The minimum atomic E-state index is -0.0864. The summed E-state index contributed by atoms with van der Waals surface area (Å²) in [6.45, 7) is 3.40. The number of carbonyl (C=O) groups is 1. The molecule has 1 N–H and O–H groups in total. The van der Waals surface area contributed by atoms with Crippen molar-refractivity contribution in [1.29, 1.82) is 0 Å². The van der Waals surface area contributed by atoms with Gasteiger partial charge in [0.25, 0.3) is 0 Å². The van der Waals surface area contributed by atoms with Crippen LogP contribution in [0.3, 0.4) is 0 Å². The highest BCUT2D eigenvalue weighted by molar-refractivity contribution is 5.89. The highest BCUT2D eigenvalue weighted by atomic mass is 16.2. The molecule has 0 unspecified atom stereocenters. The van der Waals surface area contributed by atoms with Crippen molar-refractivity contribution in [2.75, 3.05) is 11.9 Å². The zero-order chi connectivity index (χ0) is 17.9. The van der Waals surface area contributed by atoms with Crippen LogP contribution in [0.5, 0.6) is 0 Å². The van der Waals surface area contributed by atoms with Crippen LogP contribution < -0.4 is 5.32 Å². The Morgan fingerprint density at radius 1 is 1.27 bits per heavy atom. The summed E-state index contributed by atoms with van der Waals surface area (Å²) in [6, 6.07) is 13.7. The zero-order valence-electron chi connectivity index (χ0n) is 14.7. The second-order valence-electron chi connectivity index (χ2n) is 6.57. The molecule has 0 bridgehead atoms. The fourth-order valence-corrected chi connectivity index (χ4v) is 3.45. The molecular formula is C19H22N6O. The molecule has 1 saturated heterocycles. The molecule has 0 radical (unpaired) electrons. The maximum atomic E-state index is 12.9. The first-order chi connectivity index (χ1) is 12.7. The molecule has 7 nitrogen and oxygen atoms in total. The fraction of sp³-hybridized carbons (Fsp3) is 0.316. The van der Waals surface area contributed by atoms with Gasteiger partial charge in [-0.1, -0.05) is 18.2 Å². The summed E-state index contributed by atoms with van der Waals surface area (Å²) in [6.07, 6.45) is 5.70. The van der Waals surface area contributed by atoms with Crippen molar-refractivity contribution < 1.29 is 4.79 Å². The Morgan fingerprint density at radius 2 is 2.12 bits per heavy atom. The van der Waals surface area contributed by atoms with Gasteiger partial charge in [0.2, 0.25) is 0 Å². The van der Waals surface area contributed by atoms with Gasteiger partial charge in [0.05, 0.1) is 24.0 Å². The van der Waals surface area contributed by atoms with Crippen molar-refractivity contribution in [2.24, 2.45) is 0 Å². The normalized spacial score (nSPS) is 16.8. The summed E-state index contributed by atoms with van der Waals surface area (Å²) in [5, 5.41) is 11.8. The van der Waals surface area contributed by atoms with Gasteiger partial charge in [0, 0.05) is 25.0 Å². The Morgan fingerprint density at radius 3 is 2.88 bits per heavy atom. The van der Waals surface area contributed by atoms with Gasteiger partial charge in [0.1, 0.15) is 5.82 Å². The van der Waals surface area contributed by atoms with Crippen LogP contribution >= 0.6 is 0 Å². The van der Waals surface area contributed by atoms with E-state index in [0.29, 0.717) is 5.82 Å². The summed E-state index contributed by atoms with van der Waals surface area (Å²) in [4.78, 5) is 14.8. The molecule has 0 aliphatic carbocycles. The molecule has 3 aromatic rings. The first-order valence-corrected chi connectivity index (χ1v) is 8.88. The van der Waals surface area contributed by atoms with E-state index in [1.807, 2.05) is 65.2 Å². The van der Waals surface area contributed by atoms with Crippen LogP contribution in [0.2, 0.25) is 0 Å². The van der Waals surface area contributed by atoms with Gasteiger partial charge >= 0.3 is 6.03 Å². The number of nitrogens with one attached hydrogen (secondary N) is 1. The molecule has 2 amide bonds. The SMILES string of the molecule is Cc1cc(NC(=O)N2CCC[C@H]2Cn2cccn2)n(-c2ccccc2)n1. The number of aryl methyl sites for hydroxylation is 1. The van der Waals surface area contributed by atoms with E-state index in [-0.39, 0.29) is 12.1 Å². The first kappa shape index (κ1) is 16.4. The molecule has 1 aromatic carbocycles. The van der Waals surface area contributed by atoms with E-state index < -0.39 is 0 Å². The molecule has 1 fully saturated rings. The minimum absolute atomic E-state index is 0.0864. The van der Waals surface area contributed by atoms with Crippen molar-refractivity contribution in [3.8, 4) is 5.69 Å². The lowest BCUT2D eigenvalue weighted by Gasteiger charge is -2.25. The van der Waals surface area contributed by atoms with E-state index in [1.165, 1.54) is 0 Å². The number of amides is 2. The number of nitrogens with zero attached hydrogens (tertiary/aromatic N) is 5. The molecule has 1 aliphatic heterocycles. The van der Waals surface area contributed by atoms with Crippen molar-refractivity contribution >= 4 is 11.8 Å². The smallest absolute Gasteiger partial charge is 0.320 e. The van der Waals surface area contributed by atoms with Crippen molar-refractivity contribution in [3.05, 3.63) is 60.6 Å². The molecule has 1 atom stereocenters. The molecule has 134 valence electrons. The number of benzene rings is 1. The number of hydrogen-bond donors (Lipinski definition) is 1. The number of likely N-dealkylation sites (tertiary alicyclic amines) is 1. The van der Waals surface area contributed by atoms with Gasteiger partial charge in [-0.05, 0) is 38.0 Å². The van der Waals surface area contributed by atoms with Crippen LogP contribution in [0.1, 0.15) is 18.5 Å². The standard InChI is InChI=1S/C19H22N6O/c1-15-13-18(25(22-15)16-7-3-2-4-8-16)21-19(26)24-12-5-9-17(24)14-23-11-6-10-20-23/h2-4,6-8,10-11,13,17H,5,9,12,14H2,1H3,(H,21,26)/t17-/m0/s1. The van der Waals surface area contributed by atoms with Crippen LogP contribution in [-0.2, 0) is 6.54 Å². The average Bonchev–Trinajstić information content (AvgIpc) is 3.38. The third kappa shape index (κ3) is 3.33. The Bertz CT molecular complexity index is 871. The van der Waals surface area contributed by atoms with Gasteiger partial charge in [-0.3, -0.25) is 10.00 Å². The van der Waals surface area contributed by atoms with Crippen LogP contribution in [0.4, 0.5) is 10.6 Å². The summed E-state index contributed by atoms with van der Waals surface area (Å²) in [5.41, 5.74) is 1.78. The first-order valence-electron chi connectivity index (χ1n) is 8.88. The highest BCUT2D eigenvalue weighted by Gasteiger charge is 2.29. The van der Waals surface area contributed by atoms with Crippen LogP contribution in [0.25, 0.3) is 5.69 Å². The molecule has 7 heteroatoms. The maximum absolute atomic E-state index is 12.9. The van der Waals surface area contributed by atoms with Crippen LogP contribution in [0, 0.1) is 6.92 Å². The summed E-state index contributed by atoms with van der Waals surface area (Å²) in [5.74, 6) is 0.684. The number of rotatable bonds is 4. The minimum Gasteiger partial charge on any atom is -0.320 e. The Balaban J connectivity index is 1.51. The third-order valence-electron chi connectivity index (χ3n) is 4.66. The fourth-order valence-electron chi connectivity index (χ4n) is 3.45. The third-order valence-corrected chi connectivity index (χ3v) is 4.66. The zero-order valence-corrected chi connectivity index (χ0v) is 14.7. The predicted octanol–water partition coefficient (Wildman–Crippen LogP) is 3.07. The number of carbonyl (C=O) groups excluding carboxylic acids is 1. The molecule has 2 aromatic heterocycles. The van der Waals surface area contributed by atoms with Crippen molar-refractivity contribution in [2.45, 2.75) is 32.4 Å². The van der Waals surface area contributed by atoms with E-state index in [1.54, 1.807) is 10.9 Å². The van der Waals surface area contributed by atoms with E-state index >= 15 is 0 Å². The Kier molecular flexibility index (Phi) is 4.43. The largest absolute Gasteiger partial charge is 0.323 e. The second kappa shape index (κ2) is 7.03. The predicted molar refractivity (Wildman–Crippen MR) is 99.3 cm³/mol. The average molecular weight is 350 g/mol. The van der Waals surface area contributed by atoms with Gasteiger partial charge in [-0.25, -0.2) is 9.48 Å². The molecule has 26 heavy (non-hydrogen) atoms. The lowest BCUT2D eigenvalue weighted by Crippen LogP contribution is -2.41. The summed E-state index contributed by atoms with van der Waals surface area (Å²) < 4.78 is 3.65. The highest BCUT2D eigenvalue weighted by Crippen LogP contribution is 2.22. The summed E-state index contributed by atoms with van der Waals surface area (Å²) in [7, 11) is 0. The van der Waals surface area contributed by atoms with E-state index in [4.69, 9.17) is 0 Å². The molecule has 0 spiro atoms. The summed E-state index contributed by atoms with van der Waals surface area (Å²) >= 11 is 0. The number of aromatic nitrogens is 4.